The number of likely N-dealkylation sites (N-methyl/N-ethyl adjacent to an activating group) is 1. The highest BCUT2D eigenvalue weighted by atomic mass is 16.5. The third-order valence-corrected chi connectivity index (χ3v) is 4.82. The Labute approximate surface area is 168 Å². The third kappa shape index (κ3) is 5.61. The molecule has 0 amide bonds. The maximum atomic E-state index is 9.46. The Hall–Kier alpha value is -3.26. The molecule has 0 fully saturated rings. The monoisotopic (exact) mass is 403 g/mol. The molecule has 1 heterocycles. The number of rotatable bonds is 4. The molecule has 0 spiro atoms. The first kappa shape index (κ1) is 22.0. The highest BCUT2D eigenvalue weighted by molar-refractivity contribution is 6.27. The zero-order chi connectivity index (χ0) is 21.6. The van der Waals surface area contributed by atoms with E-state index in [-0.39, 0.29) is 0 Å². The van der Waals surface area contributed by atoms with Crippen molar-refractivity contribution in [1.29, 1.82) is 0 Å². The van der Waals surface area contributed by atoms with Crippen LogP contribution in [-0.4, -0.2) is 60.0 Å². The first-order valence-corrected chi connectivity index (χ1v) is 8.96. The number of ether oxygens (including phenoxy) is 2. The second kappa shape index (κ2) is 9.79. The maximum Gasteiger partial charge on any atom is 0.414 e. The number of carbonyl (C=O) groups is 2. The lowest BCUT2D eigenvalue weighted by molar-refractivity contribution is -0.159. The van der Waals surface area contributed by atoms with Crippen LogP contribution < -0.4 is 9.47 Å². The van der Waals surface area contributed by atoms with Gasteiger partial charge in [-0.25, -0.2) is 9.59 Å². The minimum atomic E-state index is -1.82. The summed E-state index contributed by atoms with van der Waals surface area (Å²) in [6.45, 7) is 1.02. The molecule has 1 aliphatic heterocycles. The second-order valence-electron chi connectivity index (χ2n) is 6.63. The summed E-state index contributed by atoms with van der Waals surface area (Å²) < 4.78 is 10.9. The standard InChI is InChI=1S/C19H23NO3.C2H2O4/c1-20-9-8-14-11-18(22-2)19(23-3)12-16(14)17(20)10-13-4-6-15(21)7-5-13;3-1(4)2(5)6/h4-7,11-12,17,21H,8-10H2,1-3H3;(H,3,4)(H,5,6)/t17-;/m1./s1. The maximum absolute atomic E-state index is 9.46. The molecule has 0 unspecified atom stereocenters. The first-order valence-electron chi connectivity index (χ1n) is 8.96. The van der Waals surface area contributed by atoms with Gasteiger partial charge in [-0.05, 0) is 60.8 Å². The molecule has 1 aliphatic rings. The van der Waals surface area contributed by atoms with Crippen LogP contribution in [0.1, 0.15) is 22.7 Å². The number of carboxylic acid groups (broad SMARTS) is 2. The predicted octanol–water partition coefficient (Wildman–Crippen LogP) is 2.34. The Morgan fingerprint density at radius 3 is 2.10 bits per heavy atom. The molecule has 1 atom stereocenters. The van der Waals surface area contributed by atoms with Crippen molar-refractivity contribution in [1.82, 2.24) is 4.90 Å². The molecular weight excluding hydrogens is 378 g/mol. The van der Waals surface area contributed by atoms with Crippen LogP contribution in [0.25, 0.3) is 0 Å². The number of methoxy groups -OCH3 is 2. The summed E-state index contributed by atoms with van der Waals surface area (Å²) in [6.07, 6.45) is 1.91. The molecule has 2 aromatic carbocycles. The Morgan fingerprint density at radius 1 is 1.03 bits per heavy atom. The lowest BCUT2D eigenvalue weighted by atomic mass is 9.88. The number of nitrogens with zero attached hydrogens (tertiary/aromatic N) is 1. The van der Waals surface area contributed by atoms with Crippen LogP contribution in [0.15, 0.2) is 36.4 Å². The number of hydrogen-bond donors (Lipinski definition) is 3. The average Bonchev–Trinajstić information content (AvgIpc) is 2.71. The van der Waals surface area contributed by atoms with E-state index in [0.717, 1.165) is 30.9 Å². The number of aliphatic carboxylic acids is 2. The van der Waals surface area contributed by atoms with Crippen molar-refractivity contribution >= 4 is 11.9 Å². The van der Waals surface area contributed by atoms with Crippen LogP contribution in [-0.2, 0) is 22.4 Å². The summed E-state index contributed by atoms with van der Waals surface area (Å²) in [5.41, 5.74) is 3.83. The lowest BCUT2D eigenvalue weighted by Gasteiger charge is -2.35. The van der Waals surface area contributed by atoms with E-state index >= 15 is 0 Å². The van der Waals surface area contributed by atoms with Gasteiger partial charge >= 0.3 is 11.9 Å². The molecule has 8 nitrogen and oxygen atoms in total. The topological polar surface area (TPSA) is 117 Å². The normalized spacial score (nSPS) is 15.5. The molecule has 0 radical (unpaired) electrons. The lowest BCUT2D eigenvalue weighted by Crippen LogP contribution is -2.33. The fourth-order valence-electron chi connectivity index (χ4n) is 3.27. The van der Waals surface area contributed by atoms with Crippen molar-refractivity contribution in [2.45, 2.75) is 18.9 Å². The quantitative estimate of drug-likeness (QED) is 0.666. The molecule has 0 saturated carbocycles. The molecule has 3 N–H and O–H groups in total. The van der Waals surface area contributed by atoms with Gasteiger partial charge in [-0.3, -0.25) is 4.90 Å². The van der Waals surface area contributed by atoms with Gasteiger partial charge < -0.3 is 24.8 Å². The highest BCUT2D eigenvalue weighted by Gasteiger charge is 2.27. The zero-order valence-electron chi connectivity index (χ0n) is 16.6. The molecule has 0 aromatic heterocycles. The Kier molecular flexibility index (Phi) is 7.44. The van der Waals surface area contributed by atoms with E-state index in [0.29, 0.717) is 11.8 Å². The SMILES string of the molecule is COc1cc2c(cc1OC)[C@@H](Cc1ccc(O)cc1)N(C)CC2.O=C(O)C(=O)O. The minimum Gasteiger partial charge on any atom is -0.508 e. The summed E-state index contributed by atoms with van der Waals surface area (Å²) in [6, 6.07) is 12.0. The van der Waals surface area contributed by atoms with E-state index in [1.807, 2.05) is 12.1 Å². The third-order valence-electron chi connectivity index (χ3n) is 4.82. The van der Waals surface area contributed by atoms with Gasteiger partial charge in [0.05, 0.1) is 14.2 Å². The summed E-state index contributed by atoms with van der Waals surface area (Å²) in [5, 5.41) is 24.2. The van der Waals surface area contributed by atoms with E-state index in [1.54, 1.807) is 26.4 Å². The van der Waals surface area contributed by atoms with Crippen LogP contribution in [0.3, 0.4) is 0 Å². The van der Waals surface area contributed by atoms with E-state index in [9.17, 15) is 5.11 Å². The van der Waals surface area contributed by atoms with Gasteiger partial charge in [0, 0.05) is 12.6 Å². The Bertz CT molecular complexity index is 852. The summed E-state index contributed by atoms with van der Waals surface area (Å²) in [5.74, 6) is -1.78. The minimum absolute atomic E-state index is 0.295. The fourth-order valence-corrected chi connectivity index (χ4v) is 3.27. The van der Waals surface area contributed by atoms with Crippen LogP contribution in [0.4, 0.5) is 0 Å². The molecule has 29 heavy (non-hydrogen) atoms. The Morgan fingerprint density at radius 2 is 1.59 bits per heavy atom. The van der Waals surface area contributed by atoms with Crippen LogP contribution >= 0.6 is 0 Å². The number of phenolic OH excluding ortho intramolecular Hbond substituents is 1. The average molecular weight is 403 g/mol. The fraction of sp³-hybridized carbons (Fsp3) is 0.333. The molecule has 2 aromatic rings. The number of aromatic hydroxyl groups is 1. The number of hydrogen-bond acceptors (Lipinski definition) is 6. The smallest absolute Gasteiger partial charge is 0.414 e. The largest absolute Gasteiger partial charge is 0.508 e. The summed E-state index contributed by atoms with van der Waals surface area (Å²) in [7, 11) is 5.50. The van der Waals surface area contributed by atoms with Crippen molar-refractivity contribution in [3.05, 3.63) is 53.1 Å². The van der Waals surface area contributed by atoms with Crippen LogP contribution in [0.2, 0.25) is 0 Å². The van der Waals surface area contributed by atoms with Gasteiger partial charge in [0.2, 0.25) is 0 Å². The van der Waals surface area contributed by atoms with E-state index in [4.69, 9.17) is 29.3 Å². The number of phenols is 1. The van der Waals surface area contributed by atoms with Crippen molar-refractivity contribution < 1.29 is 34.4 Å². The van der Waals surface area contributed by atoms with Crippen LogP contribution in [0.5, 0.6) is 17.2 Å². The van der Waals surface area contributed by atoms with E-state index in [1.165, 1.54) is 16.7 Å². The molecule has 156 valence electrons. The molecule has 0 aliphatic carbocycles. The van der Waals surface area contributed by atoms with Gasteiger partial charge in [-0.1, -0.05) is 12.1 Å². The second-order valence-corrected chi connectivity index (χ2v) is 6.63. The molecule has 8 heteroatoms. The molecular formula is C21H25NO7. The van der Waals surface area contributed by atoms with E-state index in [2.05, 4.69) is 24.1 Å². The molecule has 0 bridgehead atoms. The molecule has 3 rings (SSSR count). The van der Waals surface area contributed by atoms with E-state index < -0.39 is 11.9 Å². The molecule has 0 saturated heterocycles. The highest BCUT2D eigenvalue weighted by Crippen LogP contribution is 2.38. The summed E-state index contributed by atoms with van der Waals surface area (Å²) >= 11 is 0. The predicted molar refractivity (Wildman–Crippen MR) is 106 cm³/mol. The zero-order valence-corrected chi connectivity index (χ0v) is 16.6. The summed E-state index contributed by atoms with van der Waals surface area (Å²) in [4.78, 5) is 20.6. The number of fused-ring (bicyclic) bond motifs is 1. The van der Waals surface area contributed by atoms with Crippen molar-refractivity contribution in [2.24, 2.45) is 0 Å². The van der Waals surface area contributed by atoms with Crippen LogP contribution in [0, 0.1) is 0 Å². The van der Waals surface area contributed by atoms with Crippen molar-refractivity contribution in [3.8, 4) is 17.2 Å². The first-order chi connectivity index (χ1) is 13.8. The van der Waals surface area contributed by atoms with Gasteiger partial charge in [-0.15, -0.1) is 0 Å². The van der Waals surface area contributed by atoms with Gasteiger partial charge in [0.25, 0.3) is 0 Å². The van der Waals surface area contributed by atoms with Gasteiger partial charge in [0.1, 0.15) is 5.75 Å². The Balaban J connectivity index is 0.000000438. The van der Waals surface area contributed by atoms with Crippen molar-refractivity contribution in [2.75, 3.05) is 27.8 Å². The number of benzene rings is 2. The number of carboxylic acids is 2. The van der Waals surface area contributed by atoms with Crippen molar-refractivity contribution in [3.63, 3.8) is 0 Å². The van der Waals surface area contributed by atoms with Gasteiger partial charge in [-0.2, -0.15) is 0 Å². The van der Waals surface area contributed by atoms with Gasteiger partial charge in [0.15, 0.2) is 11.5 Å².